The van der Waals surface area contributed by atoms with Crippen LogP contribution in [0.1, 0.15) is 37.3 Å². The summed E-state index contributed by atoms with van der Waals surface area (Å²) >= 11 is 5.96. The Morgan fingerprint density at radius 1 is 1.31 bits per heavy atom. The van der Waals surface area contributed by atoms with E-state index in [-0.39, 0.29) is 29.1 Å². The van der Waals surface area contributed by atoms with Gasteiger partial charge in [0.05, 0.1) is 19.9 Å². The topological polar surface area (TPSA) is 108 Å². The number of carbonyl (C=O) groups excluding carboxylic acids is 1. The lowest BCUT2D eigenvalue weighted by atomic mass is 9.91. The highest BCUT2D eigenvalue weighted by Gasteiger charge is 2.25. The van der Waals surface area contributed by atoms with Crippen LogP contribution in [0.3, 0.4) is 0 Å². The van der Waals surface area contributed by atoms with E-state index in [0.29, 0.717) is 17.6 Å². The largest absolute Gasteiger partial charge is 0.497 e. The molecule has 0 atom stereocenters. The third-order valence-electron chi connectivity index (χ3n) is 5.38. The quantitative estimate of drug-likeness (QED) is 0.621. The number of carbonyl (C=O) groups is 1. The standard InChI is InChI=1S/C20H23ClN6O2/c1-29-15-4-2-3-12(9-15)10-16(28)24-13-5-7-14(8-6-13)27-11-23-17-18(22)25-20(21)26-19(17)27/h2-4,9,11,13-14H,5-8,10H2,1H3,(H,24,28)(H2,22,25,26). The van der Waals surface area contributed by atoms with Crippen molar-refractivity contribution in [1.29, 1.82) is 0 Å². The van der Waals surface area contributed by atoms with Gasteiger partial charge in [0.25, 0.3) is 0 Å². The lowest BCUT2D eigenvalue weighted by Gasteiger charge is -2.30. The van der Waals surface area contributed by atoms with Crippen molar-refractivity contribution in [2.24, 2.45) is 0 Å². The molecule has 152 valence electrons. The van der Waals surface area contributed by atoms with Crippen molar-refractivity contribution in [3.63, 3.8) is 0 Å². The first kappa shape index (κ1) is 19.4. The van der Waals surface area contributed by atoms with Gasteiger partial charge in [-0.25, -0.2) is 4.98 Å². The Labute approximate surface area is 173 Å². The number of aromatic nitrogens is 4. The average molecular weight is 415 g/mol. The van der Waals surface area contributed by atoms with E-state index < -0.39 is 0 Å². The summed E-state index contributed by atoms with van der Waals surface area (Å²) < 4.78 is 7.24. The number of nitrogens with two attached hydrogens (primary N) is 1. The van der Waals surface area contributed by atoms with Crippen LogP contribution in [0.4, 0.5) is 5.82 Å². The summed E-state index contributed by atoms with van der Waals surface area (Å²) in [5.74, 6) is 1.08. The fourth-order valence-corrected chi connectivity index (χ4v) is 4.09. The van der Waals surface area contributed by atoms with Gasteiger partial charge in [-0.3, -0.25) is 4.79 Å². The molecule has 1 saturated carbocycles. The molecule has 1 amide bonds. The molecule has 4 rings (SSSR count). The SMILES string of the molecule is COc1cccc(CC(=O)NC2CCC(n3cnc4c(N)nc(Cl)nc43)CC2)c1. The van der Waals surface area contributed by atoms with E-state index in [1.165, 1.54) is 0 Å². The zero-order valence-electron chi connectivity index (χ0n) is 16.1. The van der Waals surface area contributed by atoms with Crippen LogP contribution in [0.25, 0.3) is 11.2 Å². The van der Waals surface area contributed by atoms with Crippen LogP contribution in [0.5, 0.6) is 5.75 Å². The molecule has 0 aliphatic heterocycles. The summed E-state index contributed by atoms with van der Waals surface area (Å²) in [6.07, 6.45) is 5.70. The van der Waals surface area contributed by atoms with Gasteiger partial charge < -0.3 is 20.4 Å². The van der Waals surface area contributed by atoms with Crippen LogP contribution in [-0.2, 0) is 11.2 Å². The number of nitrogens with zero attached hydrogens (tertiary/aromatic N) is 4. The second kappa shape index (κ2) is 8.24. The van der Waals surface area contributed by atoms with Gasteiger partial charge in [-0.05, 0) is 55.0 Å². The number of nitrogens with one attached hydrogen (secondary N) is 1. The molecule has 2 heterocycles. The monoisotopic (exact) mass is 414 g/mol. The van der Waals surface area contributed by atoms with Gasteiger partial charge in [0, 0.05) is 12.1 Å². The van der Waals surface area contributed by atoms with Crippen LogP contribution < -0.4 is 15.8 Å². The molecular formula is C20H23ClN6O2. The Balaban J connectivity index is 1.35. The molecule has 1 aliphatic carbocycles. The Morgan fingerprint density at radius 3 is 2.86 bits per heavy atom. The molecule has 9 heteroatoms. The highest BCUT2D eigenvalue weighted by molar-refractivity contribution is 6.28. The summed E-state index contributed by atoms with van der Waals surface area (Å²) in [4.78, 5) is 25.0. The second-order valence-corrected chi connectivity index (χ2v) is 7.64. The van der Waals surface area contributed by atoms with Gasteiger partial charge in [0.1, 0.15) is 11.3 Å². The van der Waals surface area contributed by atoms with E-state index >= 15 is 0 Å². The molecule has 1 aromatic carbocycles. The molecule has 3 aromatic rings. The number of hydrogen-bond acceptors (Lipinski definition) is 6. The van der Waals surface area contributed by atoms with Crippen molar-refractivity contribution < 1.29 is 9.53 Å². The van der Waals surface area contributed by atoms with Crippen molar-refractivity contribution >= 4 is 34.5 Å². The number of amides is 1. The highest BCUT2D eigenvalue weighted by atomic mass is 35.5. The number of anilines is 1. The smallest absolute Gasteiger partial charge is 0.226 e. The van der Waals surface area contributed by atoms with Crippen molar-refractivity contribution in [3.8, 4) is 5.75 Å². The van der Waals surface area contributed by atoms with Gasteiger partial charge >= 0.3 is 0 Å². The van der Waals surface area contributed by atoms with E-state index in [0.717, 1.165) is 37.0 Å². The zero-order chi connectivity index (χ0) is 20.4. The summed E-state index contributed by atoms with van der Waals surface area (Å²) in [7, 11) is 1.62. The Hall–Kier alpha value is -2.87. The highest BCUT2D eigenvalue weighted by Crippen LogP contribution is 2.31. The molecule has 3 N–H and O–H groups in total. The predicted octanol–water partition coefficient (Wildman–Crippen LogP) is 2.91. The molecule has 0 saturated heterocycles. The van der Waals surface area contributed by atoms with Crippen LogP contribution in [0.15, 0.2) is 30.6 Å². The third-order valence-corrected chi connectivity index (χ3v) is 5.54. The molecular weight excluding hydrogens is 392 g/mol. The van der Waals surface area contributed by atoms with E-state index in [1.54, 1.807) is 13.4 Å². The Kier molecular flexibility index (Phi) is 5.53. The van der Waals surface area contributed by atoms with Crippen LogP contribution in [0.2, 0.25) is 5.28 Å². The molecule has 29 heavy (non-hydrogen) atoms. The van der Waals surface area contributed by atoms with E-state index in [9.17, 15) is 4.79 Å². The van der Waals surface area contributed by atoms with Crippen LogP contribution in [0, 0.1) is 0 Å². The molecule has 0 unspecified atom stereocenters. The van der Waals surface area contributed by atoms with Crippen molar-refractivity contribution in [2.75, 3.05) is 12.8 Å². The molecule has 0 spiro atoms. The molecule has 0 bridgehead atoms. The summed E-state index contributed by atoms with van der Waals surface area (Å²) in [6, 6.07) is 8.00. The lowest BCUT2D eigenvalue weighted by Crippen LogP contribution is -2.38. The number of rotatable bonds is 5. The van der Waals surface area contributed by atoms with Gasteiger partial charge in [0.15, 0.2) is 11.5 Å². The van der Waals surface area contributed by atoms with Crippen molar-refractivity contribution in [1.82, 2.24) is 24.8 Å². The Morgan fingerprint density at radius 2 is 2.10 bits per heavy atom. The number of methoxy groups -OCH3 is 1. The number of imidazole rings is 1. The first-order valence-electron chi connectivity index (χ1n) is 9.61. The molecule has 1 fully saturated rings. The lowest BCUT2D eigenvalue weighted by molar-refractivity contribution is -0.121. The molecule has 8 nitrogen and oxygen atoms in total. The fraction of sp³-hybridized carbons (Fsp3) is 0.400. The summed E-state index contributed by atoms with van der Waals surface area (Å²) in [5, 5.41) is 3.28. The molecule has 0 radical (unpaired) electrons. The van der Waals surface area contributed by atoms with E-state index in [1.807, 2.05) is 28.8 Å². The van der Waals surface area contributed by atoms with E-state index in [2.05, 4.69) is 20.3 Å². The number of fused-ring (bicyclic) bond motifs is 1. The number of halogens is 1. The first-order valence-corrected chi connectivity index (χ1v) is 9.99. The van der Waals surface area contributed by atoms with Crippen LogP contribution in [-0.4, -0.2) is 38.6 Å². The third kappa shape index (κ3) is 4.27. The van der Waals surface area contributed by atoms with Crippen molar-refractivity contribution in [2.45, 2.75) is 44.2 Å². The molecule has 1 aliphatic rings. The van der Waals surface area contributed by atoms with Gasteiger partial charge in [-0.1, -0.05) is 12.1 Å². The number of nitrogen functional groups attached to an aromatic ring is 1. The van der Waals surface area contributed by atoms with Gasteiger partial charge in [0.2, 0.25) is 11.2 Å². The summed E-state index contributed by atoms with van der Waals surface area (Å²) in [6.45, 7) is 0. The molecule has 2 aromatic heterocycles. The minimum Gasteiger partial charge on any atom is -0.497 e. The zero-order valence-corrected chi connectivity index (χ0v) is 16.9. The number of hydrogen-bond donors (Lipinski definition) is 2. The van der Waals surface area contributed by atoms with Gasteiger partial charge in [-0.2, -0.15) is 9.97 Å². The minimum atomic E-state index is 0.0297. The normalized spacial score (nSPS) is 19.2. The van der Waals surface area contributed by atoms with E-state index in [4.69, 9.17) is 22.1 Å². The average Bonchev–Trinajstić information content (AvgIpc) is 3.13. The summed E-state index contributed by atoms with van der Waals surface area (Å²) in [5.41, 5.74) is 8.06. The maximum atomic E-state index is 12.4. The first-order chi connectivity index (χ1) is 14.0. The predicted molar refractivity (Wildman–Crippen MR) is 111 cm³/mol. The van der Waals surface area contributed by atoms with Gasteiger partial charge in [-0.15, -0.1) is 0 Å². The minimum absolute atomic E-state index is 0.0297. The maximum Gasteiger partial charge on any atom is 0.226 e. The Bertz CT molecular complexity index is 1030. The maximum absolute atomic E-state index is 12.4. The second-order valence-electron chi connectivity index (χ2n) is 7.30. The van der Waals surface area contributed by atoms with Crippen molar-refractivity contribution in [3.05, 3.63) is 41.4 Å². The number of ether oxygens (including phenoxy) is 1. The number of benzene rings is 1. The van der Waals surface area contributed by atoms with Crippen LogP contribution >= 0.6 is 11.6 Å². The fourth-order valence-electron chi connectivity index (χ4n) is 3.92.